The van der Waals surface area contributed by atoms with Crippen LogP contribution in [-0.2, 0) is 9.53 Å². The van der Waals surface area contributed by atoms with Crippen molar-refractivity contribution in [2.24, 2.45) is 11.5 Å². The molecule has 0 fully saturated rings. The summed E-state index contributed by atoms with van der Waals surface area (Å²) in [5.41, 5.74) is 11.0. The van der Waals surface area contributed by atoms with Gasteiger partial charge in [0.2, 0.25) is 5.91 Å². The van der Waals surface area contributed by atoms with E-state index in [2.05, 4.69) is 21.9 Å². The zero-order chi connectivity index (χ0) is 17.2. The molecule has 0 aliphatic heterocycles. The average molecular weight is 325 g/mol. The second-order valence-corrected chi connectivity index (χ2v) is 4.37. The fraction of sp³-hybridized carbons (Fsp3) is 0.333. The van der Waals surface area contributed by atoms with Gasteiger partial charge in [0.05, 0.1) is 12.1 Å². The van der Waals surface area contributed by atoms with Gasteiger partial charge in [-0.15, -0.1) is 0 Å². The number of rotatable bonds is 6. The van der Waals surface area contributed by atoms with Gasteiger partial charge in [-0.25, -0.2) is 4.79 Å². The second-order valence-electron chi connectivity index (χ2n) is 4.37. The normalized spacial score (nSPS) is 9.96. The topological polar surface area (TPSA) is 107 Å². The van der Waals surface area contributed by atoms with Crippen LogP contribution in [0.15, 0.2) is 18.2 Å². The molecular formula is C15H17F2N3O3. The Morgan fingerprint density at radius 2 is 2.04 bits per heavy atom. The third-order valence-electron chi connectivity index (χ3n) is 2.65. The van der Waals surface area contributed by atoms with Gasteiger partial charge in [-0.3, -0.25) is 4.79 Å². The third-order valence-corrected chi connectivity index (χ3v) is 2.65. The molecule has 8 heteroatoms. The first-order valence-electron chi connectivity index (χ1n) is 6.80. The summed E-state index contributed by atoms with van der Waals surface area (Å²) in [6, 6.07) is 4.05. The van der Waals surface area contributed by atoms with Crippen molar-refractivity contribution in [3.63, 3.8) is 0 Å². The number of amides is 1. The Morgan fingerprint density at radius 1 is 1.30 bits per heavy atom. The Bertz CT molecular complexity index is 624. The molecule has 0 unspecified atom stereocenters. The number of esters is 1. The van der Waals surface area contributed by atoms with Crippen molar-refractivity contribution in [3.05, 3.63) is 29.3 Å². The van der Waals surface area contributed by atoms with Gasteiger partial charge in [-0.05, 0) is 31.2 Å². The lowest BCUT2D eigenvalue weighted by atomic mass is 10.1. The Morgan fingerprint density at radius 3 is 2.65 bits per heavy atom. The summed E-state index contributed by atoms with van der Waals surface area (Å²) in [6.07, 6.45) is 0.778. The number of hydrogen-bond donors (Lipinski definition) is 3. The molecule has 0 aromatic heterocycles. The largest absolute Gasteiger partial charge is 0.399 e. The molecular weight excluding hydrogens is 308 g/mol. The molecule has 1 rings (SSSR count). The molecule has 124 valence electrons. The maximum Gasteiger partial charge on any atom is 0.389 e. The van der Waals surface area contributed by atoms with E-state index >= 15 is 0 Å². The SMILES string of the molecule is NCC#Cc1cc(NC(=O)CCCN)ccc1C(=O)OC(F)F. The molecule has 5 N–H and O–H groups in total. The minimum absolute atomic E-state index is 0.0242. The third kappa shape index (κ3) is 6.42. The molecule has 1 aromatic carbocycles. The van der Waals surface area contributed by atoms with Crippen molar-refractivity contribution < 1.29 is 23.1 Å². The Hall–Kier alpha value is -2.50. The van der Waals surface area contributed by atoms with Gasteiger partial charge >= 0.3 is 12.6 Å². The van der Waals surface area contributed by atoms with Crippen molar-refractivity contribution in [2.45, 2.75) is 19.5 Å². The second kappa shape index (κ2) is 9.50. The molecule has 0 heterocycles. The van der Waals surface area contributed by atoms with Crippen molar-refractivity contribution >= 4 is 17.6 Å². The first-order valence-corrected chi connectivity index (χ1v) is 6.80. The standard InChI is InChI=1S/C15H17F2N3O3/c16-15(17)23-14(22)12-6-5-11(9-10(12)3-1-7-18)20-13(21)4-2-8-19/h5-6,9,15H,2,4,7-8,18-19H2,(H,20,21). The quantitative estimate of drug-likeness (QED) is 0.535. The van der Waals surface area contributed by atoms with E-state index in [4.69, 9.17) is 11.5 Å². The highest BCUT2D eigenvalue weighted by atomic mass is 19.3. The number of nitrogens with one attached hydrogen (secondary N) is 1. The Balaban J connectivity index is 3.01. The van der Waals surface area contributed by atoms with Crippen LogP contribution < -0.4 is 16.8 Å². The monoisotopic (exact) mass is 325 g/mol. The van der Waals surface area contributed by atoms with E-state index in [1.54, 1.807) is 0 Å². The van der Waals surface area contributed by atoms with Gasteiger partial charge in [0.25, 0.3) is 0 Å². The molecule has 23 heavy (non-hydrogen) atoms. The fourth-order valence-corrected chi connectivity index (χ4v) is 1.68. The summed E-state index contributed by atoms with van der Waals surface area (Å²) in [6.45, 7) is -2.82. The van der Waals surface area contributed by atoms with Gasteiger partial charge in [0.1, 0.15) is 0 Å². The summed E-state index contributed by atoms with van der Waals surface area (Å²) in [5.74, 6) is 3.65. The minimum Gasteiger partial charge on any atom is -0.399 e. The van der Waals surface area contributed by atoms with Crippen LogP contribution in [0.1, 0.15) is 28.8 Å². The van der Waals surface area contributed by atoms with Crippen LogP contribution in [0.3, 0.4) is 0 Å². The van der Waals surface area contributed by atoms with Gasteiger partial charge in [-0.1, -0.05) is 11.8 Å². The zero-order valence-corrected chi connectivity index (χ0v) is 12.3. The first kappa shape index (κ1) is 18.5. The lowest BCUT2D eigenvalue weighted by molar-refractivity contribution is -0.116. The van der Waals surface area contributed by atoms with Gasteiger partial charge < -0.3 is 21.5 Å². The summed E-state index contributed by atoms with van der Waals surface area (Å²) in [5, 5.41) is 2.61. The number of benzene rings is 1. The summed E-state index contributed by atoms with van der Waals surface area (Å²) < 4.78 is 28.2. The molecule has 0 spiro atoms. The van der Waals surface area contributed by atoms with Crippen LogP contribution >= 0.6 is 0 Å². The molecule has 0 bridgehead atoms. The van der Waals surface area contributed by atoms with Crippen LogP contribution in [0.4, 0.5) is 14.5 Å². The lowest BCUT2D eigenvalue weighted by Crippen LogP contribution is -2.15. The number of ether oxygens (including phenoxy) is 1. The number of carbonyl (C=O) groups excluding carboxylic acids is 2. The molecule has 0 saturated carbocycles. The van der Waals surface area contributed by atoms with E-state index in [0.29, 0.717) is 18.7 Å². The molecule has 0 saturated heterocycles. The van der Waals surface area contributed by atoms with Crippen molar-refractivity contribution in [1.29, 1.82) is 0 Å². The van der Waals surface area contributed by atoms with Crippen LogP contribution in [0.25, 0.3) is 0 Å². The highest BCUT2D eigenvalue weighted by molar-refractivity contribution is 5.95. The summed E-state index contributed by atoms with van der Waals surface area (Å²) in [7, 11) is 0. The molecule has 0 radical (unpaired) electrons. The molecule has 1 aromatic rings. The molecule has 6 nitrogen and oxygen atoms in total. The number of carbonyl (C=O) groups is 2. The van der Waals surface area contributed by atoms with Gasteiger partial charge in [-0.2, -0.15) is 8.78 Å². The predicted molar refractivity (Wildman–Crippen MR) is 80.7 cm³/mol. The van der Waals surface area contributed by atoms with Crippen LogP contribution in [-0.4, -0.2) is 31.6 Å². The number of hydrogen-bond acceptors (Lipinski definition) is 5. The van der Waals surface area contributed by atoms with Crippen LogP contribution in [0, 0.1) is 11.8 Å². The van der Waals surface area contributed by atoms with Crippen LogP contribution in [0.5, 0.6) is 0 Å². The van der Waals surface area contributed by atoms with Crippen molar-refractivity contribution in [3.8, 4) is 11.8 Å². The van der Waals surface area contributed by atoms with E-state index in [1.807, 2.05) is 0 Å². The molecule has 1 amide bonds. The smallest absolute Gasteiger partial charge is 0.389 e. The van der Waals surface area contributed by atoms with Crippen LogP contribution in [0.2, 0.25) is 0 Å². The number of alkyl halides is 2. The van der Waals surface area contributed by atoms with Gasteiger partial charge in [0, 0.05) is 17.7 Å². The van der Waals surface area contributed by atoms with E-state index in [1.165, 1.54) is 18.2 Å². The summed E-state index contributed by atoms with van der Waals surface area (Å²) >= 11 is 0. The van der Waals surface area contributed by atoms with Crippen molar-refractivity contribution in [1.82, 2.24) is 0 Å². The fourth-order valence-electron chi connectivity index (χ4n) is 1.68. The maximum absolute atomic E-state index is 12.2. The number of nitrogens with two attached hydrogens (primary N) is 2. The predicted octanol–water partition coefficient (Wildman–Crippen LogP) is 1.05. The zero-order valence-electron chi connectivity index (χ0n) is 12.3. The lowest BCUT2D eigenvalue weighted by Gasteiger charge is -2.09. The van der Waals surface area contributed by atoms with E-state index in [-0.39, 0.29) is 30.0 Å². The number of halogens is 2. The molecule has 0 aliphatic rings. The minimum atomic E-state index is -3.23. The average Bonchev–Trinajstić information content (AvgIpc) is 2.50. The van der Waals surface area contributed by atoms with Crippen molar-refractivity contribution in [2.75, 3.05) is 18.4 Å². The highest BCUT2D eigenvalue weighted by Gasteiger charge is 2.17. The maximum atomic E-state index is 12.2. The molecule has 0 atom stereocenters. The van der Waals surface area contributed by atoms with Gasteiger partial charge in [0.15, 0.2) is 0 Å². The van der Waals surface area contributed by atoms with E-state index < -0.39 is 12.6 Å². The summed E-state index contributed by atoms with van der Waals surface area (Å²) in [4.78, 5) is 23.3. The Labute approximate surface area is 132 Å². The first-order chi connectivity index (χ1) is 11.0. The Kier molecular flexibility index (Phi) is 7.66. The molecule has 0 aliphatic carbocycles. The number of anilines is 1. The van der Waals surface area contributed by atoms with E-state index in [0.717, 1.165) is 0 Å². The van der Waals surface area contributed by atoms with E-state index in [9.17, 15) is 18.4 Å². The highest BCUT2D eigenvalue weighted by Crippen LogP contribution is 2.18.